The highest BCUT2D eigenvalue weighted by Crippen LogP contribution is 2.26. The Hall–Kier alpha value is -3.62. The van der Waals surface area contributed by atoms with Gasteiger partial charge < -0.3 is 20.5 Å². The van der Waals surface area contributed by atoms with Gasteiger partial charge >= 0.3 is 0 Å². The number of carbonyl (C=O) groups excluding carboxylic acids is 1. The largest absolute Gasteiger partial charge is 0.387 e. The summed E-state index contributed by atoms with van der Waals surface area (Å²) in [6.07, 6.45) is 2.78. The van der Waals surface area contributed by atoms with E-state index in [-0.39, 0.29) is 18.2 Å². The first kappa shape index (κ1) is 21.6. The molecular formula is C21H22FN7O3. The summed E-state index contributed by atoms with van der Waals surface area (Å²) in [5, 5.41) is 28.8. The molecule has 166 valence electrons. The molecule has 0 saturated carbocycles. The number of amides is 1. The van der Waals surface area contributed by atoms with Gasteiger partial charge in [-0.25, -0.2) is 13.9 Å². The third kappa shape index (κ3) is 4.37. The highest BCUT2D eigenvalue weighted by molar-refractivity contribution is 6.00. The average Bonchev–Trinajstić information content (AvgIpc) is 3.16. The number of imidazole rings is 1. The standard InChI is InChI=1S/C21H22FN7O3/c1-21(2,31)18(22)9-26-20(30)14-7-24-16(4-15(14)28-13-10-32-11-13)17-8-25-19-3-12(5-23)6-27-29(17)19/h3-4,6-8,13,18,31H,9-11H2,1-2H3,(H,24,28)(H,26,30). The van der Waals surface area contributed by atoms with Gasteiger partial charge in [-0.15, -0.1) is 0 Å². The Kier molecular flexibility index (Phi) is 5.73. The van der Waals surface area contributed by atoms with E-state index < -0.39 is 17.7 Å². The average molecular weight is 439 g/mol. The molecule has 10 nitrogen and oxygen atoms in total. The Morgan fingerprint density at radius 3 is 2.81 bits per heavy atom. The lowest BCUT2D eigenvalue weighted by Crippen LogP contribution is -2.43. The number of alkyl halides is 1. The first-order valence-electron chi connectivity index (χ1n) is 9.99. The second-order valence-corrected chi connectivity index (χ2v) is 8.09. The third-order valence-corrected chi connectivity index (χ3v) is 5.11. The van der Waals surface area contributed by atoms with Gasteiger partial charge in [0.1, 0.15) is 17.9 Å². The van der Waals surface area contributed by atoms with Gasteiger partial charge in [0.15, 0.2) is 5.65 Å². The van der Waals surface area contributed by atoms with Gasteiger partial charge in [-0.2, -0.15) is 10.4 Å². The van der Waals surface area contributed by atoms with E-state index in [1.807, 2.05) is 6.07 Å². The number of carbonyl (C=O) groups is 1. The molecular weight excluding hydrogens is 417 g/mol. The van der Waals surface area contributed by atoms with Gasteiger partial charge in [-0.3, -0.25) is 9.78 Å². The number of ether oxygens (including phenoxy) is 1. The topological polar surface area (TPSA) is 137 Å². The van der Waals surface area contributed by atoms with E-state index in [1.165, 1.54) is 26.2 Å². The molecule has 0 spiro atoms. The normalized spacial score (nSPS) is 15.1. The highest BCUT2D eigenvalue weighted by atomic mass is 19.1. The minimum atomic E-state index is -1.63. The van der Waals surface area contributed by atoms with Crippen LogP contribution in [0.25, 0.3) is 17.0 Å². The van der Waals surface area contributed by atoms with Crippen molar-refractivity contribution in [3.05, 3.63) is 41.9 Å². The number of hydrogen-bond acceptors (Lipinski definition) is 8. The van der Waals surface area contributed by atoms with E-state index in [1.54, 1.807) is 22.8 Å². The van der Waals surface area contributed by atoms with Crippen LogP contribution in [0.1, 0.15) is 29.8 Å². The number of fused-ring (bicyclic) bond motifs is 1. The number of hydrogen-bond donors (Lipinski definition) is 3. The molecule has 11 heteroatoms. The summed E-state index contributed by atoms with van der Waals surface area (Å²) in [5.74, 6) is -0.520. The molecule has 1 atom stereocenters. The number of aliphatic hydroxyl groups is 1. The number of pyridine rings is 1. The summed E-state index contributed by atoms with van der Waals surface area (Å²) in [4.78, 5) is 21.4. The zero-order chi connectivity index (χ0) is 22.9. The summed E-state index contributed by atoms with van der Waals surface area (Å²) >= 11 is 0. The summed E-state index contributed by atoms with van der Waals surface area (Å²) in [6.45, 7) is 3.34. The molecule has 1 aliphatic rings. The first-order chi connectivity index (χ1) is 15.3. The molecule has 1 unspecified atom stereocenters. The van der Waals surface area contributed by atoms with Crippen LogP contribution in [0.3, 0.4) is 0 Å². The van der Waals surface area contributed by atoms with E-state index in [0.717, 1.165) is 0 Å². The van der Waals surface area contributed by atoms with Crippen molar-refractivity contribution in [3.63, 3.8) is 0 Å². The van der Waals surface area contributed by atoms with Crippen molar-refractivity contribution < 1.29 is 19.0 Å². The molecule has 1 fully saturated rings. The maximum atomic E-state index is 14.1. The van der Waals surface area contributed by atoms with Crippen molar-refractivity contribution in [3.8, 4) is 17.5 Å². The summed E-state index contributed by atoms with van der Waals surface area (Å²) in [7, 11) is 0. The van der Waals surface area contributed by atoms with Gasteiger partial charge in [-0.05, 0) is 19.9 Å². The summed E-state index contributed by atoms with van der Waals surface area (Å²) in [5.41, 5.74) is 1.13. The van der Waals surface area contributed by atoms with Gasteiger partial charge in [0.25, 0.3) is 5.91 Å². The molecule has 0 bridgehead atoms. The fourth-order valence-electron chi connectivity index (χ4n) is 3.07. The van der Waals surface area contributed by atoms with E-state index in [9.17, 15) is 14.3 Å². The zero-order valence-electron chi connectivity index (χ0n) is 17.5. The lowest BCUT2D eigenvalue weighted by atomic mass is 10.0. The molecule has 0 aromatic carbocycles. The molecule has 3 N–H and O–H groups in total. The molecule has 1 saturated heterocycles. The zero-order valence-corrected chi connectivity index (χ0v) is 17.5. The fraction of sp³-hybridized carbons (Fsp3) is 0.381. The Morgan fingerprint density at radius 1 is 1.38 bits per heavy atom. The molecule has 32 heavy (non-hydrogen) atoms. The lowest BCUT2D eigenvalue weighted by Gasteiger charge is -2.29. The number of halogens is 1. The van der Waals surface area contributed by atoms with Crippen molar-refractivity contribution >= 4 is 17.2 Å². The van der Waals surface area contributed by atoms with Crippen LogP contribution in [0.2, 0.25) is 0 Å². The van der Waals surface area contributed by atoms with Gasteiger partial charge in [-0.1, -0.05) is 0 Å². The fourth-order valence-corrected chi connectivity index (χ4v) is 3.07. The van der Waals surface area contributed by atoms with Crippen LogP contribution in [-0.2, 0) is 4.74 Å². The summed E-state index contributed by atoms with van der Waals surface area (Å²) < 4.78 is 20.8. The van der Waals surface area contributed by atoms with Gasteiger partial charge in [0.2, 0.25) is 0 Å². The molecule has 1 amide bonds. The molecule has 1 aliphatic heterocycles. The van der Waals surface area contributed by atoms with Crippen molar-refractivity contribution in [2.75, 3.05) is 25.1 Å². The Labute approximate surface area is 183 Å². The second kappa shape index (κ2) is 8.49. The smallest absolute Gasteiger partial charge is 0.255 e. The Bertz CT molecular complexity index is 1190. The van der Waals surface area contributed by atoms with Gasteiger partial charge in [0.05, 0.1) is 66.3 Å². The van der Waals surface area contributed by atoms with Crippen LogP contribution >= 0.6 is 0 Å². The molecule has 3 aromatic heterocycles. The second-order valence-electron chi connectivity index (χ2n) is 8.09. The first-order valence-corrected chi connectivity index (χ1v) is 9.99. The Balaban J connectivity index is 1.64. The number of rotatable bonds is 7. The number of nitrogens with zero attached hydrogens (tertiary/aromatic N) is 5. The molecule has 0 radical (unpaired) electrons. The third-order valence-electron chi connectivity index (χ3n) is 5.11. The summed E-state index contributed by atoms with van der Waals surface area (Å²) in [6, 6.07) is 5.35. The van der Waals surface area contributed by atoms with Gasteiger partial charge in [0, 0.05) is 12.3 Å². The SMILES string of the molecule is CC(C)(O)C(F)CNC(=O)c1cnc(-c2cnc3cc(C#N)cnn23)cc1NC1COC1. The molecule has 4 rings (SSSR count). The van der Waals surface area contributed by atoms with E-state index in [0.29, 0.717) is 41.5 Å². The molecule has 3 aromatic rings. The number of nitrogens with one attached hydrogen (secondary N) is 2. The van der Waals surface area contributed by atoms with Crippen LogP contribution in [0.4, 0.5) is 10.1 Å². The lowest BCUT2D eigenvalue weighted by molar-refractivity contribution is -0.00178. The Morgan fingerprint density at radius 2 is 2.16 bits per heavy atom. The predicted octanol–water partition coefficient (Wildman–Crippen LogP) is 1.31. The van der Waals surface area contributed by atoms with Crippen molar-refractivity contribution in [1.82, 2.24) is 24.9 Å². The maximum Gasteiger partial charge on any atom is 0.255 e. The quantitative estimate of drug-likeness (QED) is 0.501. The van der Waals surface area contributed by atoms with E-state index >= 15 is 0 Å². The number of anilines is 1. The maximum absolute atomic E-state index is 14.1. The number of nitriles is 1. The molecule has 4 heterocycles. The minimum Gasteiger partial charge on any atom is -0.387 e. The monoisotopic (exact) mass is 439 g/mol. The van der Waals surface area contributed by atoms with Crippen molar-refractivity contribution in [2.45, 2.75) is 31.7 Å². The minimum absolute atomic E-state index is 0.0283. The van der Waals surface area contributed by atoms with Crippen LogP contribution in [-0.4, -0.2) is 68.2 Å². The van der Waals surface area contributed by atoms with Crippen LogP contribution in [0.15, 0.2) is 30.7 Å². The van der Waals surface area contributed by atoms with Crippen LogP contribution < -0.4 is 10.6 Å². The van der Waals surface area contributed by atoms with E-state index in [4.69, 9.17) is 10.00 Å². The predicted molar refractivity (Wildman–Crippen MR) is 113 cm³/mol. The number of aromatic nitrogens is 4. The highest BCUT2D eigenvalue weighted by Gasteiger charge is 2.28. The molecule has 0 aliphatic carbocycles. The van der Waals surface area contributed by atoms with E-state index in [2.05, 4.69) is 25.7 Å². The van der Waals surface area contributed by atoms with Crippen molar-refractivity contribution in [2.24, 2.45) is 0 Å². The van der Waals surface area contributed by atoms with Crippen LogP contribution in [0, 0.1) is 11.3 Å². The van der Waals surface area contributed by atoms with Crippen LogP contribution in [0.5, 0.6) is 0 Å². The van der Waals surface area contributed by atoms with Crippen molar-refractivity contribution in [1.29, 1.82) is 5.26 Å².